The number of nitrogens with zero attached hydrogens (tertiary/aromatic N) is 4. The molecule has 3 rings (SSSR count). The van der Waals surface area contributed by atoms with Crippen LogP contribution in [-0.2, 0) is 0 Å². The minimum Gasteiger partial charge on any atom is -0.389 e. The highest BCUT2D eigenvalue weighted by Crippen LogP contribution is 2.28. The third kappa shape index (κ3) is 3.51. The summed E-state index contributed by atoms with van der Waals surface area (Å²) in [5.41, 5.74) is 0.954. The highest BCUT2D eigenvalue weighted by atomic mass is 16.3. The van der Waals surface area contributed by atoms with Crippen LogP contribution in [0.4, 0.5) is 5.82 Å². The number of likely N-dealkylation sites (N-methyl/N-ethyl adjacent to an activating group) is 1. The maximum absolute atomic E-state index is 10.2. The molecule has 124 valence electrons. The minimum absolute atomic E-state index is 0.497. The average molecular weight is 322 g/mol. The Kier molecular flexibility index (Phi) is 4.44. The standard InChI is InChI=1S/C19H22N4O/c1-4-23(13-19(2,3)24)18-15-9-5-6-10-16(15)21-17(22-18)14-8-7-11-20-12-14/h5-12,24H,4,13H2,1-3H3. The Morgan fingerprint density at radius 2 is 1.88 bits per heavy atom. The third-order valence-corrected chi connectivity index (χ3v) is 3.76. The molecule has 0 atom stereocenters. The maximum atomic E-state index is 10.2. The lowest BCUT2D eigenvalue weighted by Gasteiger charge is -2.30. The van der Waals surface area contributed by atoms with Gasteiger partial charge in [-0.3, -0.25) is 4.98 Å². The molecule has 1 aromatic carbocycles. The lowest BCUT2D eigenvalue weighted by Crippen LogP contribution is -2.39. The van der Waals surface area contributed by atoms with Gasteiger partial charge in [-0.15, -0.1) is 0 Å². The number of pyridine rings is 1. The second-order valence-electron chi connectivity index (χ2n) is 6.46. The van der Waals surface area contributed by atoms with Crippen LogP contribution in [0.5, 0.6) is 0 Å². The molecule has 24 heavy (non-hydrogen) atoms. The van der Waals surface area contributed by atoms with Gasteiger partial charge in [0.25, 0.3) is 0 Å². The van der Waals surface area contributed by atoms with Crippen LogP contribution in [0.2, 0.25) is 0 Å². The number of hydrogen-bond donors (Lipinski definition) is 1. The molecule has 0 aliphatic carbocycles. The zero-order chi connectivity index (χ0) is 17.2. The number of anilines is 1. The van der Waals surface area contributed by atoms with Gasteiger partial charge in [-0.05, 0) is 45.0 Å². The summed E-state index contributed by atoms with van der Waals surface area (Å²) in [6, 6.07) is 11.8. The van der Waals surface area contributed by atoms with Crippen molar-refractivity contribution in [3.63, 3.8) is 0 Å². The fourth-order valence-electron chi connectivity index (χ4n) is 2.73. The Labute approximate surface area is 142 Å². The molecule has 0 aliphatic heterocycles. The van der Waals surface area contributed by atoms with Crippen molar-refractivity contribution in [1.29, 1.82) is 0 Å². The number of benzene rings is 1. The summed E-state index contributed by atoms with van der Waals surface area (Å²) in [6.45, 7) is 6.92. The predicted octanol–water partition coefficient (Wildman–Crippen LogP) is 3.29. The smallest absolute Gasteiger partial charge is 0.163 e. The van der Waals surface area contributed by atoms with Crippen molar-refractivity contribution < 1.29 is 5.11 Å². The molecule has 0 radical (unpaired) electrons. The van der Waals surface area contributed by atoms with Crippen molar-refractivity contribution in [2.75, 3.05) is 18.0 Å². The number of para-hydroxylation sites is 1. The summed E-state index contributed by atoms with van der Waals surface area (Å²) < 4.78 is 0. The first-order valence-electron chi connectivity index (χ1n) is 8.12. The molecular formula is C19H22N4O. The van der Waals surface area contributed by atoms with Gasteiger partial charge in [-0.2, -0.15) is 0 Å². The minimum atomic E-state index is -0.809. The Balaban J connectivity index is 2.17. The molecule has 0 unspecified atom stereocenters. The van der Waals surface area contributed by atoms with E-state index in [1.807, 2.05) is 36.4 Å². The first-order chi connectivity index (χ1) is 11.5. The third-order valence-electron chi connectivity index (χ3n) is 3.76. The maximum Gasteiger partial charge on any atom is 0.163 e. The van der Waals surface area contributed by atoms with E-state index < -0.39 is 5.60 Å². The molecule has 2 heterocycles. The van der Waals surface area contributed by atoms with E-state index in [-0.39, 0.29) is 0 Å². The van der Waals surface area contributed by atoms with E-state index >= 15 is 0 Å². The number of rotatable bonds is 5. The largest absolute Gasteiger partial charge is 0.389 e. The first kappa shape index (κ1) is 16.3. The Hall–Kier alpha value is -2.53. The van der Waals surface area contributed by atoms with Crippen LogP contribution in [0.1, 0.15) is 20.8 Å². The average Bonchev–Trinajstić information content (AvgIpc) is 2.59. The highest BCUT2D eigenvalue weighted by Gasteiger charge is 2.21. The number of aliphatic hydroxyl groups is 1. The molecular weight excluding hydrogens is 300 g/mol. The van der Waals surface area contributed by atoms with Crippen LogP contribution in [0.25, 0.3) is 22.3 Å². The normalized spacial score (nSPS) is 11.7. The first-order valence-corrected chi connectivity index (χ1v) is 8.12. The van der Waals surface area contributed by atoms with Crippen LogP contribution < -0.4 is 4.90 Å². The summed E-state index contributed by atoms with van der Waals surface area (Å²) in [5, 5.41) is 11.2. The zero-order valence-electron chi connectivity index (χ0n) is 14.3. The van der Waals surface area contributed by atoms with Gasteiger partial charge in [-0.1, -0.05) is 12.1 Å². The molecule has 5 heteroatoms. The number of aromatic nitrogens is 3. The van der Waals surface area contributed by atoms with Crippen molar-refractivity contribution in [2.45, 2.75) is 26.4 Å². The summed E-state index contributed by atoms with van der Waals surface area (Å²) >= 11 is 0. The van der Waals surface area contributed by atoms with Crippen molar-refractivity contribution in [3.8, 4) is 11.4 Å². The van der Waals surface area contributed by atoms with Crippen LogP contribution in [0.3, 0.4) is 0 Å². The Bertz CT molecular complexity index is 828. The predicted molar refractivity (Wildman–Crippen MR) is 97.0 cm³/mol. The second kappa shape index (κ2) is 6.53. The quantitative estimate of drug-likeness (QED) is 0.781. The van der Waals surface area contributed by atoms with E-state index in [1.54, 1.807) is 26.2 Å². The van der Waals surface area contributed by atoms with Gasteiger partial charge in [0, 0.05) is 36.4 Å². The van der Waals surface area contributed by atoms with Crippen LogP contribution >= 0.6 is 0 Å². The molecule has 0 saturated heterocycles. The van der Waals surface area contributed by atoms with Crippen LogP contribution in [-0.4, -0.2) is 38.7 Å². The fraction of sp³-hybridized carbons (Fsp3) is 0.316. The van der Waals surface area contributed by atoms with Crippen LogP contribution in [0, 0.1) is 0 Å². The van der Waals surface area contributed by atoms with Gasteiger partial charge in [0.1, 0.15) is 5.82 Å². The molecule has 3 aromatic rings. The Morgan fingerprint density at radius 3 is 2.54 bits per heavy atom. The molecule has 2 aromatic heterocycles. The molecule has 1 N–H and O–H groups in total. The lowest BCUT2D eigenvalue weighted by molar-refractivity contribution is 0.0875. The van der Waals surface area contributed by atoms with Gasteiger partial charge >= 0.3 is 0 Å². The van der Waals surface area contributed by atoms with Crippen molar-refractivity contribution in [2.24, 2.45) is 0 Å². The van der Waals surface area contributed by atoms with Gasteiger partial charge in [0.05, 0.1) is 11.1 Å². The summed E-state index contributed by atoms with van der Waals surface area (Å²) in [6.07, 6.45) is 3.50. The van der Waals surface area contributed by atoms with Crippen molar-refractivity contribution in [1.82, 2.24) is 15.0 Å². The van der Waals surface area contributed by atoms with E-state index in [1.165, 1.54) is 0 Å². The van der Waals surface area contributed by atoms with Crippen molar-refractivity contribution >= 4 is 16.7 Å². The zero-order valence-corrected chi connectivity index (χ0v) is 14.3. The summed E-state index contributed by atoms with van der Waals surface area (Å²) in [4.78, 5) is 15.7. The Morgan fingerprint density at radius 1 is 1.08 bits per heavy atom. The van der Waals surface area contributed by atoms with Gasteiger partial charge in [0.15, 0.2) is 5.82 Å². The number of hydrogen-bond acceptors (Lipinski definition) is 5. The summed E-state index contributed by atoms with van der Waals surface area (Å²) in [7, 11) is 0. The van der Waals surface area contributed by atoms with Gasteiger partial charge in [0.2, 0.25) is 0 Å². The molecule has 5 nitrogen and oxygen atoms in total. The van der Waals surface area contributed by atoms with E-state index in [9.17, 15) is 5.11 Å². The summed E-state index contributed by atoms with van der Waals surface area (Å²) in [5.74, 6) is 1.48. The molecule has 0 fully saturated rings. The second-order valence-corrected chi connectivity index (χ2v) is 6.46. The van der Waals surface area contributed by atoms with E-state index in [2.05, 4.69) is 21.8 Å². The fourth-order valence-corrected chi connectivity index (χ4v) is 2.73. The monoisotopic (exact) mass is 322 g/mol. The van der Waals surface area contributed by atoms with E-state index in [0.29, 0.717) is 12.4 Å². The molecule has 0 bridgehead atoms. The van der Waals surface area contributed by atoms with Gasteiger partial charge in [-0.25, -0.2) is 9.97 Å². The lowest BCUT2D eigenvalue weighted by atomic mass is 10.1. The van der Waals surface area contributed by atoms with Gasteiger partial charge < -0.3 is 10.0 Å². The van der Waals surface area contributed by atoms with E-state index in [0.717, 1.165) is 28.8 Å². The highest BCUT2D eigenvalue weighted by molar-refractivity contribution is 5.91. The number of fused-ring (bicyclic) bond motifs is 1. The molecule has 0 amide bonds. The van der Waals surface area contributed by atoms with Crippen LogP contribution in [0.15, 0.2) is 48.8 Å². The van der Waals surface area contributed by atoms with Crippen molar-refractivity contribution in [3.05, 3.63) is 48.8 Å². The topological polar surface area (TPSA) is 62.1 Å². The molecule has 0 spiro atoms. The molecule has 0 saturated carbocycles. The SMILES string of the molecule is CCN(CC(C)(C)O)c1nc(-c2cccnc2)nc2ccccc12. The van der Waals surface area contributed by atoms with E-state index in [4.69, 9.17) is 4.98 Å². The molecule has 0 aliphatic rings.